The predicted octanol–water partition coefficient (Wildman–Crippen LogP) is 2.24. The normalized spacial score (nSPS) is 16.1. The number of amides is 1. The molecule has 0 unspecified atom stereocenters. The molecule has 0 radical (unpaired) electrons. The molecule has 1 aromatic rings. The number of hydrogen-bond acceptors (Lipinski definition) is 3. The van der Waals surface area contributed by atoms with Crippen molar-refractivity contribution in [1.29, 1.82) is 0 Å². The number of rotatable bonds is 4. The molecule has 6 heteroatoms. The first-order chi connectivity index (χ1) is 9.47. The summed E-state index contributed by atoms with van der Waals surface area (Å²) >= 11 is 3.29. The minimum Gasteiger partial charge on any atom is -0.478 e. The molecule has 2 rings (SSSR count). The predicted molar refractivity (Wildman–Crippen MR) is 79.8 cm³/mol. The van der Waals surface area contributed by atoms with Gasteiger partial charge < -0.3 is 15.7 Å². The van der Waals surface area contributed by atoms with Gasteiger partial charge in [0.2, 0.25) is 5.91 Å². The molecule has 1 amide bonds. The molecular weight excluding hydrogens is 324 g/mol. The van der Waals surface area contributed by atoms with E-state index in [2.05, 4.69) is 20.8 Å². The molecule has 1 aliphatic rings. The first kappa shape index (κ1) is 14.8. The molecule has 0 aromatic heterocycles. The van der Waals surface area contributed by atoms with Crippen molar-refractivity contribution in [2.24, 2.45) is 11.7 Å². The molecule has 1 fully saturated rings. The summed E-state index contributed by atoms with van der Waals surface area (Å²) < 4.78 is 0.752. The Hall–Kier alpha value is -1.56. The van der Waals surface area contributed by atoms with Gasteiger partial charge in [0, 0.05) is 24.0 Å². The number of piperidine rings is 1. The second-order valence-electron chi connectivity index (χ2n) is 5.07. The summed E-state index contributed by atoms with van der Waals surface area (Å²) in [6.07, 6.45) is 2.14. The van der Waals surface area contributed by atoms with Gasteiger partial charge in [-0.15, -0.1) is 0 Å². The third kappa shape index (κ3) is 3.50. The molecule has 0 atom stereocenters. The number of carboxylic acid groups (broad SMARTS) is 1. The fourth-order valence-electron chi connectivity index (χ4n) is 2.62. The summed E-state index contributed by atoms with van der Waals surface area (Å²) in [6, 6.07) is 5.28. The van der Waals surface area contributed by atoms with E-state index < -0.39 is 5.97 Å². The first-order valence-corrected chi connectivity index (χ1v) is 7.32. The summed E-state index contributed by atoms with van der Waals surface area (Å²) in [7, 11) is 0. The molecule has 0 aliphatic carbocycles. The van der Waals surface area contributed by atoms with Crippen LogP contribution in [-0.4, -0.2) is 30.1 Å². The molecule has 1 heterocycles. The van der Waals surface area contributed by atoms with Gasteiger partial charge in [-0.2, -0.15) is 0 Å². The number of nitrogens with two attached hydrogens (primary N) is 1. The van der Waals surface area contributed by atoms with Crippen LogP contribution in [0.5, 0.6) is 0 Å². The fraction of sp³-hybridized carbons (Fsp3) is 0.429. The van der Waals surface area contributed by atoms with E-state index in [0.29, 0.717) is 17.9 Å². The fourth-order valence-corrected chi connectivity index (χ4v) is 2.98. The highest BCUT2D eigenvalue weighted by atomic mass is 79.9. The van der Waals surface area contributed by atoms with Crippen molar-refractivity contribution in [1.82, 2.24) is 0 Å². The molecule has 0 saturated carbocycles. The average molecular weight is 341 g/mol. The van der Waals surface area contributed by atoms with E-state index in [1.807, 2.05) is 12.1 Å². The van der Waals surface area contributed by atoms with Gasteiger partial charge in [0.25, 0.3) is 0 Å². The maximum atomic E-state index is 11.3. The second-order valence-corrected chi connectivity index (χ2v) is 5.98. The lowest BCUT2D eigenvalue weighted by molar-refractivity contribution is -0.119. The number of hydrogen-bond donors (Lipinski definition) is 2. The summed E-state index contributed by atoms with van der Waals surface area (Å²) in [5, 5.41) is 9.28. The highest BCUT2D eigenvalue weighted by molar-refractivity contribution is 9.10. The Kier molecular flexibility index (Phi) is 4.65. The van der Waals surface area contributed by atoms with Gasteiger partial charge in [-0.25, -0.2) is 4.79 Å². The minimum absolute atomic E-state index is 0.265. The average Bonchev–Trinajstić information content (AvgIpc) is 2.39. The van der Waals surface area contributed by atoms with Crippen LogP contribution in [0.4, 0.5) is 5.69 Å². The van der Waals surface area contributed by atoms with Crippen LogP contribution in [0.25, 0.3) is 0 Å². The summed E-state index contributed by atoms with van der Waals surface area (Å²) in [5.41, 5.74) is 6.25. The van der Waals surface area contributed by atoms with Crippen molar-refractivity contribution in [2.45, 2.75) is 19.3 Å². The first-order valence-electron chi connectivity index (χ1n) is 6.53. The lowest BCUT2D eigenvalue weighted by atomic mass is 9.92. The molecule has 1 aliphatic heterocycles. The number of benzene rings is 1. The van der Waals surface area contributed by atoms with Crippen molar-refractivity contribution in [3.63, 3.8) is 0 Å². The van der Waals surface area contributed by atoms with Gasteiger partial charge in [0.05, 0.1) is 11.3 Å². The number of halogens is 1. The van der Waals surface area contributed by atoms with E-state index in [4.69, 9.17) is 5.73 Å². The summed E-state index contributed by atoms with van der Waals surface area (Å²) in [5.74, 6) is -0.883. The zero-order valence-electron chi connectivity index (χ0n) is 11.0. The molecule has 1 aromatic carbocycles. The molecule has 0 bridgehead atoms. The topological polar surface area (TPSA) is 83.6 Å². The zero-order valence-corrected chi connectivity index (χ0v) is 12.6. The Morgan fingerprint density at radius 2 is 2.00 bits per heavy atom. The van der Waals surface area contributed by atoms with Crippen molar-refractivity contribution >= 4 is 33.5 Å². The quantitative estimate of drug-likeness (QED) is 0.880. The number of carbonyl (C=O) groups is 2. The molecule has 0 spiro atoms. The maximum Gasteiger partial charge on any atom is 0.337 e. The molecule has 3 N–H and O–H groups in total. The lowest BCUT2D eigenvalue weighted by Gasteiger charge is -2.34. The Bertz CT molecular complexity index is 525. The number of nitrogens with zero attached hydrogens (tertiary/aromatic N) is 1. The lowest BCUT2D eigenvalue weighted by Crippen LogP contribution is -2.35. The maximum absolute atomic E-state index is 11.3. The van der Waals surface area contributed by atoms with Gasteiger partial charge in [0.1, 0.15) is 0 Å². The van der Waals surface area contributed by atoms with Crippen LogP contribution < -0.4 is 10.6 Å². The number of primary amides is 1. The van der Waals surface area contributed by atoms with Crippen LogP contribution in [0.3, 0.4) is 0 Å². The van der Waals surface area contributed by atoms with Gasteiger partial charge in [0.15, 0.2) is 0 Å². The Balaban J connectivity index is 2.11. The van der Waals surface area contributed by atoms with Crippen molar-refractivity contribution in [2.75, 3.05) is 18.0 Å². The highest BCUT2D eigenvalue weighted by Gasteiger charge is 2.23. The minimum atomic E-state index is -0.930. The largest absolute Gasteiger partial charge is 0.478 e. The highest BCUT2D eigenvalue weighted by Crippen LogP contribution is 2.29. The van der Waals surface area contributed by atoms with Gasteiger partial charge in [-0.3, -0.25) is 4.79 Å². The van der Waals surface area contributed by atoms with E-state index in [0.717, 1.165) is 36.1 Å². The number of anilines is 1. The molecule has 5 nitrogen and oxygen atoms in total. The van der Waals surface area contributed by atoms with Crippen molar-refractivity contribution in [3.05, 3.63) is 28.2 Å². The third-order valence-corrected chi connectivity index (χ3v) is 4.13. The van der Waals surface area contributed by atoms with Gasteiger partial charge >= 0.3 is 5.97 Å². The van der Waals surface area contributed by atoms with E-state index >= 15 is 0 Å². The molecular formula is C14H17BrN2O3. The number of aromatic carboxylic acids is 1. The van der Waals surface area contributed by atoms with Crippen LogP contribution in [0.2, 0.25) is 0 Å². The standard InChI is InChI=1S/C14H17BrN2O3/c15-10-1-2-12(11(8-10)14(19)20)17-5-3-9(4-6-17)7-13(16)18/h1-2,8-9H,3-7H2,(H2,16,18)(H,19,20). The van der Waals surface area contributed by atoms with Crippen LogP contribution >= 0.6 is 15.9 Å². The third-order valence-electron chi connectivity index (χ3n) is 3.63. The summed E-state index contributed by atoms with van der Waals surface area (Å²) in [6.45, 7) is 1.50. The smallest absolute Gasteiger partial charge is 0.337 e. The van der Waals surface area contributed by atoms with Crippen molar-refractivity contribution in [3.8, 4) is 0 Å². The molecule has 1 saturated heterocycles. The van der Waals surface area contributed by atoms with Gasteiger partial charge in [-0.1, -0.05) is 15.9 Å². The van der Waals surface area contributed by atoms with E-state index in [1.165, 1.54) is 0 Å². The van der Waals surface area contributed by atoms with E-state index in [-0.39, 0.29) is 5.91 Å². The Morgan fingerprint density at radius 3 is 2.55 bits per heavy atom. The van der Waals surface area contributed by atoms with E-state index in [1.54, 1.807) is 6.07 Å². The monoisotopic (exact) mass is 340 g/mol. The zero-order chi connectivity index (χ0) is 14.7. The number of carboxylic acids is 1. The van der Waals surface area contributed by atoms with Crippen molar-refractivity contribution < 1.29 is 14.7 Å². The van der Waals surface area contributed by atoms with Crippen LogP contribution in [0, 0.1) is 5.92 Å². The summed E-state index contributed by atoms with van der Waals surface area (Å²) in [4.78, 5) is 24.3. The van der Waals surface area contributed by atoms with Crippen LogP contribution in [0.15, 0.2) is 22.7 Å². The Morgan fingerprint density at radius 1 is 1.35 bits per heavy atom. The van der Waals surface area contributed by atoms with Crippen LogP contribution in [0.1, 0.15) is 29.6 Å². The second kappa shape index (κ2) is 6.26. The van der Waals surface area contributed by atoms with E-state index in [9.17, 15) is 14.7 Å². The van der Waals surface area contributed by atoms with Crippen LogP contribution in [-0.2, 0) is 4.79 Å². The SMILES string of the molecule is NC(=O)CC1CCN(c2ccc(Br)cc2C(=O)O)CC1. The number of carbonyl (C=O) groups excluding carboxylic acids is 1. The molecule has 108 valence electrons. The van der Waals surface area contributed by atoms with Gasteiger partial charge in [-0.05, 0) is 37.0 Å². The Labute approximate surface area is 125 Å². The molecule has 20 heavy (non-hydrogen) atoms.